The molecule has 2 heterocycles. The van der Waals surface area contributed by atoms with Crippen LogP contribution < -0.4 is 10.1 Å². The minimum atomic E-state index is -0.0806. The Morgan fingerprint density at radius 2 is 1.85 bits per heavy atom. The van der Waals surface area contributed by atoms with Gasteiger partial charge in [0.15, 0.2) is 0 Å². The van der Waals surface area contributed by atoms with E-state index in [4.69, 9.17) is 4.74 Å². The smallest absolute Gasteiger partial charge is 0.226 e. The van der Waals surface area contributed by atoms with E-state index in [-0.39, 0.29) is 17.9 Å². The van der Waals surface area contributed by atoms with Gasteiger partial charge in [-0.1, -0.05) is 35.9 Å². The number of hydrogen-bond donors (Lipinski definition) is 1. The summed E-state index contributed by atoms with van der Waals surface area (Å²) < 4.78 is 7.79. The fourth-order valence-electron chi connectivity index (χ4n) is 3.51. The van der Waals surface area contributed by atoms with Gasteiger partial charge in [-0.15, -0.1) is 0 Å². The lowest BCUT2D eigenvalue weighted by molar-refractivity contribution is -0.116. The van der Waals surface area contributed by atoms with Crippen LogP contribution in [-0.2, 0) is 4.79 Å². The van der Waals surface area contributed by atoms with E-state index < -0.39 is 0 Å². The lowest BCUT2D eigenvalue weighted by atomic mass is 9.87. The molecule has 2 aromatic carbocycles. The summed E-state index contributed by atoms with van der Waals surface area (Å²) in [5, 5.41) is 7.56. The first-order valence-electron chi connectivity index (χ1n) is 9.23. The fraction of sp³-hybridized carbons (Fsp3) is 0.273. The van der Waals surface area contributed by atoms with E-state index in [2.05, 4.69) is 10.4 Å². The maximum absolute atomic E-state index is 12.5. The van der Waals surface area contributed by atoms with Crippen molar-refractivity contribution in [1.82, 2.24) is 9.78 Å². The minimum absolute atomic E-state index is 0.0132. The van der Waals surface area contributed by atoms with Gasteiger partial charge in [0.2, 0.25) is 5.91 Å². The van der Waals surface area contributed by atoms with Crippen molar-refractivity contribution in [3.05, 3.63) is 71.4 Å². The van der Waals surface area contributed by atoms with Crippen molar-refractivity contribution in [2.45, 2.75) is 39.2 Å². The van der Waals surface area contributed by atoms with Gasteiger partial charge in [0.25, 0.3) is 0 Å². The lowest BCUT2D eigenvalue weighted by Crippen LogP contribution is -2.25. The van der Waals surface area contributed by atoms with Crippen molar-refractivity contribution in [3.8, 4) is 11.4 Å². The van der Waals surface area contributed by atoms with Gasteiger partial charge < -0.3 is 10.1 Å². The number of nitrogens with one attached hydrogen (secondary N) is 1. The largest absolute Gasteiger partial charge is 0.491 e. The molecule has 1 aliphatic rings. The number of benzene rings is 2. The van der Waals surface area contributed by atoms with E-state index >= 15 is 0 Å². The van der Waals surface area contributed by atoms with Crippen LogP contribution in [0.4, 0.5) is 5.82 Å². The van der Waals surface area contributed by atoms with Crippen molar-refractivity contribution in [3.63, 3.8) is 0 Å². The molecule has 5 heteroatoms. The molecule has 138 valence electrons. The summed E-state index contributed by atoms with van der Waals surface area (Å²) in [6.45, 7) is 6.06. The molecule has 1 atom stereocenters. The number of para-hydroxylation sites is 1. The Morgan fingerprint density at radius 1 is 1.11 bits per heavy atom. The Labute approximate surface area is 159 Å². The van der Waals surface area contributed by atoms with Crippen molar-refractivity contribution in [2.24, 2.45) is 0 Å². The Balaban J connectivity index is 1.79. The number of anilines is 1. The van der Waals surface area contributed by atoms with Crippen molar-refractivity contribution < 1.29 is 9.53 Å². The van der Waals surface area contributed by atoms with Crippen LogP contribution in [0.15, 0.2) is 54.7 Å². The molecule has 0 fully saturated rings. The van der Waals surface area contributed by atoms with E-state index in [1.54, 1.807) is 4.68 Å². The summed E-state index contributed by atoms with van der Waals surface area (Å²) in [7, 11) is 0. The van der Waals surface area contributed by atoms with Crippen LogP contribution in [0.3, 0.4) is 0 Å². The van der Waals surface area contributed by atoms with E-state index in [9.17, 15) is 4.79 Å². The number of carbonyl (C=O) groups excluding carboxylic acids is 1. The second kappa shape index (κ2) is 6.91. The number of fused-ring (bicyclic) bond motifs is 1. The SMILES string of the molecule is Cc1ccc(-n2ncc3c2NC(=O)CC3c2ccccc2OC(C)C)cc1. The molecule has 3 aromatic rings. The molecule has 0 saturated heterocycles. The van der Waals surface area contributed by atoms with Crippen LogP contribution in [0.25, 0.3) is 5.69 Å². The van der Waals surface area contributed by atoms with Crippen LogP contribution in [0.2, 0.25) is 0 Å². The summed E-state index contributed by atoms with van der Waals surface area (Å²) in [6.07, 6.45) is 2.30. The highest BCUT2D eigenvalue weighted by Gasteiger charge is 2.32. The lowest BCUT2D eigenvalue weighted by Gasteiger charge is -2.26. The Bertz CT molecular complexity index is 973. The molecule has 0 saturated carbocycles. The van der Waals surface area contributed by atoms with Crippen LogP contribution in [0.1, 0.15) is 42.9 Å². The summed E-state index contributed by atoms with van der Waals surface area (Å²) in [4.78, 5) is 12.5. The van der Waals surface area contributed by atoms with Crippen molar-refractivity contribution >= 4 is 11.7 Å². The van der Waals surface area contributed by atoms with Gasteiger partial charge in [0, 0.05) is 23.5 Å². The molecule has 0 radical (unpaired) electrons. The summed E-state index contributed by atoms with van der Waals surface area (Å²) >= 11 is 0. The Kier molecular flexibility index (Phi) is 4.44. The van der Waals surface area contributed by atoms with Gasteiger partial charge in [-0.25, -0.2) is 4.68 Å². The van der Waals surface area contributed by atoms with Crippen LogP contribution >= 0.6 is 0 Å². The molecule has 0 aliphatic carbocycles. The molecular formula is C22H23N3O2. The summed E-state index contributed by atoms with van der Waals surface area (Å²) in [6, 6.07) is 16.0. The third-order valence-electron chi connectivity index (χ3n) is 4.76. The first kappa shape index (κ1) is 17.3. The van der Waals surface area contributed by atoms with Gasteiger partial charge in [0.1, 0.15) is 11.6 Å². The molecule has 1 amide bonds. The van der Waals surface area contributed by atoms with Crippen LogP contribution in [0.5, 0.6) is 5.75 Å². The number of hydrogen-bond acceptors (Lipinski definition) is 3. The average Bonchev–Trinajstić information content (AvgIpc) is 3.05. The number of aryl methyl sites for hydroxylation is 1. The van der Waals surface area contributed by atoms with E-state index in [0.29, 0.717) is 6.42 Å². The summed E-state index contributed by atoms with van der Waals surface area (Å²) in [5.74, 6) is 1.46. The Morgan fingerprint density at radius 3 is 2.59 bits per heavy atom. The number of nitrogens with zero attached hydrogens (tertiary/aromatic N) is 2. The quantitative estimate of drug-likeness (QED) is 0.747. The molecule has 1 N–H and O–H groups in total. The highest BCUT2D eigenvalue weighted by molar-refractivity contribution is 5.94. The van der Waals surface area contributed by atoms with Crippen LogP contribution in [0, 0.1) is 6.92 Å². The third kappa shape index (κ3) is 3.33. The molecule has 1 aliphatic heterocycles. The molecule has 1 unspecified atom stereocenters. The first-order chi connectivity index (χ1) is 13.0. The van der Waals surface area contributed by atoms with Crippen LogP contribution in [-0.4, -0.2) is 21.8 Å². The predicted octanol–water partition coefficient (Wildman–Crippen LogP) is 4.44. The first-order valence-corrected chi connectivity index (χ1v) is 9.23. The van der Waals surface area contributed by atoms with Gasteiger partial charge in [0.05, 0.1) is 18.0 Å². The topological polar surface area (TPSA) is 56.2 Å². The normalized spacial score (nSPS) is 16.1. The monoisotopic (exact) mass is 361 g/mol. The molecule has 1 aromatic heterocycles. The van der Waals surface area contributed by atoms with Crippen molar-refractivity contribution in [1.29, 1.82) is 0 Å². The van der Waals surface area contributed by atoms with Gasteiger partial charge in [-0.3, -0.25) is 4.79 Å². The molecule has 0 bridgehead atoms. The number of ether oxygens (including phenoxy) is 1. The zero-order chi connectivity index (χ0) is 19.0. The maximum Gasteiger partial charge on any atom is 0.226 e. The van der Waals surface area contributed by atoms with Gasteiger partial charge >= 0.3 is 0 Å². The standard InChI is InChI=1S/C22H23N3O2/c1-14(2)27-20-7-5-4-6-17(20)18-12-21(26)24-22-19(18)13-23-25(22)16-10-8-15(3)9-11-16/h4-11,13-14,18H,12H2,1-3H3,(H,24,26). The molecule has 27 heavy (non-hydrogen) atoms. The predicted molar refractivity (Wildman–Crippen MR) is 106 cm³/mol. The number of aromatic nitrogens is 2. The highest BCUT2D eigenvalue weighted by atomic mass is 16.5. The maximum atomic E-state index is 12.5. The number of carbonyl (C=O) groups is 1. The average molecular weight is 361 g/mol. The van der Waals surface area contributed by atoms with E-state index in [1.165, 1.54) is 5.56 Å². The fourth-order valence-corrected chi connectivity index (χ4v) is 3.51. The highest BCUT2D eigenvalue weighted by Crippen LogP contribution is 2.41. The number of rotatable bonds is 4. The van der Waals surface area contributed by atoms with Gasteiger partial charge in [-0.2, -0.15) is 5.10 Å². The zero-order valence-corrected chi connectivity index (χ0v) is 15.8. The molecule has 4 rings (SSSR count). The molecule has 5 nitrogen and oxygen atoms in total. The van der Waals surface area contributed by atoms with Crippen molar-refractivity contribution in [2.75, 3.05) is 5.32 Å². The Hall–Kier alpha value is -3.08. The number of amides is 1. The summed E-state index contributed by atoms with van der Waals surface area (Å²) in [5.41, 5.74) is 4.14. The van der Waals surface area contributed by atoms with E-state index in [0.717, 1.165) is 28.4 Å². The second-order valence-electron chi connectivity index (χ2n) is 7.21. The second-order valence-corrected chi connectivity index (χ2v) is 7.21. The molecular weight excluding hydrogens is 338 g/mol. The zero-order valence-electron chi connectivity index (χ0n) is 15.8. The van der Waals surface area contributed by atoms with E-state index in [1.807, 2.05) is 75.5 Å². The minimum Gasteiger partial charge on any atom is -0.491 e. The van der Waals surface area contributed by atoms with Gasteiger partial charge in [-0.05, 0) is 39.0 Å². The third-order valence-corrected chi connectivity index (χ3v) is 4.76. The molecule has 0 spiro atoms.